The van der Waals surface area contributed by atoms with Crippen LogP contribution < -0.4 is 0 Å². The topological polar surface area (TPSA) is 20.2 Å². The maximum atomic E-state index is 10.2. The van der Waals surface area contributed by atoms with Crippen LogP contribution in [0.5, 0.6) is 0 Å². The Morgan fingerprint density at radius 1 is 1.25 bits per heavy atom. The molecule has 4 atom stereocenters. The summed E-state index contributed by atoms with van der Waals surface area (Å²) in [6.07, 6.45) is 6.00. The Balaban J connectivity index is 2.12. The van der Waals surface area contributed by atoms with Gasteiger partial charge in [0.25, 0.3) is 0 Å². The average molecular weight is 220 g/mol. The zero-order valence-corrected chi connectivity index (χ0v) is 10.8. The highest BCUT2D eigenvalue weighted by molar-refractivity contribution is 5.36. The molecule has 2 bridgehead atoms. The summed E-state index contributed by atoms with van der Waals surface area (Å²) in [6.45, 7) is 11.5. The normalized spacial score (nSPS) is 54.1. The molecule has 0 saturated heterocycles. The molecule has 0 aromatic carbocycles. The first kappa shape index (κ1) is 10.8. The lowest BCUT2D eigenvalue weighted by molar-refractivity contribution is -0.242. The Bertz CT molecular complexity index is 356. The molecule has 0 aliphatic heterocycles. The second-order valence-electron chi connectivity index (χ2n) is 7.24. The first-order valence-corrected chi connectivity index (χ1v) is 6.72. The molecule has 90 valence electrons. The lowest BCUT2D eigenvalue weighted by atomic mass is 9.28. The first-order valence-electron chi connectivity index (χ1n) is 6.72. The third-order valence-corrected chi connectivity index (χ3v) is 6.54. The van der Waals surface area contributed by atoms with Crippen molar-refractivity contribution in [1.82, 2.24) is 0 Å². The minimum Gasteiger partial charge on any atom is -0.389 e. The van der Waals surface area contributed by atoms with Crippen molar-refractivity contribution in [2.24, 2.45) is 22.2 Å². The van der Waals surface area contributed by atoms with Gasteiger partial charge in [0.15, 0.2) is 0 Å². The van der Waals surface area contributed by atoms with Crippen LogP contribution in [0.15, 0.2) is 12.2 Å². The Labute approximate surface area is 98.9 Å². The van der Waals surface area contributed by atoms with E-state index in [1.165, 1.54) is 25.7 Å². The van der Waals surface area contributed by atoms with Crippen LogP contribution in [0.1, 0.15) is 52.9 Å². The highest BCUT2D eigenvalue weighted by Crippen LogP contribution is 2.79. The van der Waals surface area contributed by atoms with E-state index >= 15 is 0 Å². The van der Waals surface area contributed by atoms with Crippen LogP contribution in [0.3, 0.4) is 0 Å². The largest absolute Gasteiger partial charge is 0.389 e. The third-order valence-electron chi connectivity index (χ3n) is 6.54. The Morgan fingerprint density at radius 2 is 1.94 bits per heavy atom. The van der Waals surface area contributed by atoms with Gasteiger partial charge in [-0.2, -0.15) is 0 Å². The van der Waals surface area contributed by atoms with Gasteiger partial charge in [-0.15, -0.1) is 0 Å². The number of hydrogen-bond donors (Lipinski definition) is 1. The molecule has 4 saturated carbocycles. The minimum atomic E-state index is -0.232. The predicted octanol–water partition coefficient (Wildman–Crippen LogP) is 3.53. The van der Waals surface area contributed by atoms with E-state index in [-0.39, 0.29) is 11.5 Å². The average Bonchev–Trinajstić information content (AvgIpc) is 2.18. The SMILES string of the molecule is C=C1C(O)CC2CC13C(C)(C)CCCC23C. The minimum absolute atomic E-state index is 0.232. The van der Waals surface area contributed by atoms with Crippen molar-refractivity contribution in [3.8, 4) is 0 Å². The molecule has 1 heteroatoms. The Morgan fingerprint density at radius 3 is 2.62 bits per heavy atom. The van der Waals surface area contributed by atoms with E-state index in [0.29, 0.717) is 10.8 Å². The first-order chi connectivity index (χ1) is 7.35. The molecule has 0 aromatic rings. The molecule has 4 aliphatic carbocycles. The van der Waals surface area contributed by atoms with Crippen LogP contribution >= 0.6 is 0 Å². The van der Waals surface area contributed by atoms with Gasteiger partial charge in [-0.05, 0) is 48.0 Å². The van der Waals surface area contributed by atoms with Gasteiger partial charge in [0.05, 0.1) is 6.10 Å². The summed E-state index contributed by atoms with van der Waals surface area (Å²) in [6, 6.07) is 0. The summed E-state index contributed by atoms with van der Waals surface area (Å²) in [4.78, 5) is 0. The Hall–Kier alpha value is -0.300. The van der Waals surface area contributed by atoms with Gasteiger partial charge in [0, 0.05) is 5.41 Å². The molecular formula is C15H24O. The van der Waals surface area contributed by atoms with Crippen LogP contribution in [0.2, 0.25) is 0 Å². The highest BCUT2D eigenvalue weighted by atomic mass is 16.3. The van der Waals surface area contributed by atoms with E-state index < -0.39 is 0 Å². The number of fused-ring (bicyclic) bond motifs is 2. The van der Waals surface area contributed by atoms with Crippen LogP contribution in [0.4, 0.5) is 0 Å². The van der Waals surface area contributed by atoms with Gasteiger partial charge < -0.3 is 5.11 Å². The van der Waals surface area contributed by atoms with Gasteiger partial charge >= 0.3 is 0 Å². The van der Waals surface area contributed by atoms with Crippen molar-refractivity contribution in [1.29, 1.82) is 0 Å². The van der Waals surface area contributed by atoms with Crippen LogP contribution in [0.25, 0.3) is 0 Å². The quantitative estimate of drug-likeness (QED) is 0.619. The summed E-state index contributed by atoms with van der Waals surface area (Å²) in [5, 5.41) is 10.2. The lowest BCUT2D eigenvalue weighted by Crippen LogP contribution is -2.70. The maximum Gasteiger partial charge on any atom is 0.0756 e. The van der Waals surface area contributed by atoms with Crippen molar-refractivity contribution < 1.29 is 5.11 Å². The molecule has 4 fully saturated rings. The second-order valence-corrected chi connectivity index (χ2v) is 7.24. The predicted molar refractivity (Wildman–Crippen MR) is 66.0 cm³/mol. The van der Waals surface area contributed by atoms with E-state index in [1.807, 2.05) is 0 Å². The maximum absolute atomic E-state index is 10.2. The molecule has 1 N–H and O–H groups in total. The summed E-state index contributed by atoms with van der Waals surface area (Å²) in [5.74, 6) is 0.743. The number of rotatable bonds is 0. The van der Waals surface area contributed by atoms with Crippen molar-refractivity contribution in [3.63, 3.8) is 0 Å². The molecule has 4 rings (SSSR count). The van der Waals surface area contributed by atoms with Gasteiger partial charge in [-0.25, -0.2) is 0 Å². The van der Waals surface area contributed by atoms with Gasteiger partial charge in [-0.1, -0.05) is 33.8 Å². The molecule has 0 heterocycles. The molecule has 0 amide bonds. The number of aliphatic hydroxyl groups excluding tert-OH is 1. The smallest absolute Gasteiger partial charge is 0.0756 e. The molecule has 0 aromatic heterocycles. The molecule has 1 spiro atoms. The van der Waals surface area contributed by atoms with Crippen molar-refractivity contribution in [3.05, 3.63) is 12.2 Å². The fourth-order valence-corrected chi connectivity index (χ4v) is 5.60. The second kappa shape index (κ2) is 2.75. The molecule has 4 unspecified atom stereocenters. The van der Waals surface area contributed by atoms with Crippen LogP contribution in [-0.4, -0.2) is 11.2 Å². The number of hydrogen-bond acceptors (Lipinski definition) is 1. The standard InChI is InChI=1S/C15H24O/c1-10-12(16)8-11-9-15(10)13(2,3)6-5-7-14(11,15)4/h11-12,16H,1,5-9H2,2-4H3. The van der Waals surface area contributed by atoms with Gasteiger partial charge in [0.1, 0.15) is 0 Å². The molecule has 0 radical (unpaired) electrons. The fourth-order valence-electron chi connectivity index (χ4n) is 5.60. The molecule has 1 nitrogen and oxygen atoms in total. The van der Waals surface area contributed by atoms with Gasteiger partial charge in [-0.3, -0.25) is 0 Å². The van der Waals surface area contributed by atoms with Crippen molar-refractivity contribution in [2.45, 2.75) is 59.0 Å². The zero-order chi connectivity index (χ0) is 11.8. The van der Waals surface area contributed by atoms with E-state index in [0.717, 1.165) is 17.9 Å². The fraction of sp³-hybridized carbons (Fsp3) is 0.867. The summed E-state index contributed by atoms with van der Waals surface area (Å²) >= 11 is 0. The van der Waals surface area contributed by atoms with Crippen LogP contribution in [0, 0.1) is 22.2 Å². The zero-order valence-electron chi connectivity index (χ0n) is 10.8. The van der Waals surface area contributed by atoms with Gasteiger partial charge in [0.2, 0.25) is 0 Å². The van der Waals surface area contributed by atoms with Crippen molar-refractivity contribution in [2.75, 3.05) is 0 Å². The van der Waals surface area contributed by atoms with Crippen molar-refractivity contribution >= 4 is 0 Å². The Kier molecular flexibility index (Phi) is 1.86. The van der Waals surface area contributed by atoms with E-state index in [4.69, 9.17) is 0 Å². The summed E-state index contributed by atoms with van der Waals surface area (Å²) in [5.41, 5.74) is 2.16. The number of aliphatic hydroxyl groups is 1. The van der Waals surface area contributed by atoms with E-state index in [1.54, 1.807) is 0 Å². The highest BCUT2D eigenvalue weighted by Gasteiger charge is 2.73. The van der Waals surface area contributed by atoms with E-state index in [2.05, 4.69) is 27.4 Å². The molecule has 16 heavy (non-hydrogen) atoms. The molecule has 4 aliphatic rings. The van der Waals surface area contributed by atoms with E-state index in [9.17, 15) is 5.11 Å². The lowest BCUT2D eigenvalue weighted by Gasteiger charge is -2.76. The summed E-state index contributed by atoms with van der Waals surface area (Å²) in [7, 11) is 0. The third kappa shape index (κ3) is 0.860. The summed E-state index contributed by atoms with van der Waals surface area (Å²) < 4.78 is 0. The van der Waals surface area contributed by atoms with Crippen LogP contribution in [-0.2, 0) is 0 Å². The monoisotopic (exact) mass is 220 g/mol. The molecular weight excluding hydrogens is 196 g/mol.